The van der Waals surface area contributed by atoms with Crippen LogP contribution in [0.15, 0.2) is 29.2 Å². The number of morpholine rings is 1. The molecule has 1 amide bonds. The molecule has 0 aliphatic carbocycles. The van der Waals surface area contributed by atoms with Crippen molar-refractivity contribution in [2.45, 2.75) is 17.4 Å². The van der Waals surface area contributed by atoms with Crippen LogP contribution in [0.4, 0.5) is 0 Å². The van der Waals surface area contributed by atoms with Crippen LogP contribution in [0.1, 0.15) is 16.8 Å². The quantitative estimate of drug-likeness (QED) is 0.613. The average Bonchev–Trinajstić information content (AvgIpc) is 2.65. The molecule has 26 heavy (non-hydrogen) atoms. The van der Waals surface area contributed by atoms with E-state index in [4.69, 9.17) is 4.74 Å². The zero-order chi connectivity index (χ0) is 19.2. The lowest BCUT2D eigenvalue weighted by Gasteiger charge is -2.26. The van der Waals surface area contributed by atoms with Crippen molar-refractivity contribution >= 4 is 33.7 Å². The van der Waals surface area contributed by atoms with E-state index in [0.29, 0.717) is 19.0 Å². The number of carboxylic acid groups (broad SMARTS) is 1. The molecule has 1 aromatic rings. The van der Waals surface area contributed by atoms with E-state index in [9.17, 15) is 23.1 Å². The average molecular weight is 401 g/mol. The molecule has 1 aromatic carbocycles. The number of hydrogen-bond acceptors (Lipinski definition) is 7. The van der Waals surface area contributed by atoms with Crippen LogP contribution in [0.3, 0.4) is 0 Å². The van der Waals surface area contributed by atoms with Crippen LogP contribution >= 0.6 is 11.8 Å². The van der Waals surface area contributed by atoms with Gasteiger partial charge < -0.3 is 20.0 Å². The Bertz CT molecular complexity index is 747. The first-order valence-corrected chi connectivity index (χ1v) is 10.9. The number of hydrogen-bond donors (Lipinski definition) is 1. The van der Waals surface area contributed by atoms with Crippen LogP contribution in [0, 0.1) is 0 Å². The number of amides is 1. The highest BCUT2D eigenvalue weighted by Gasteiger charge is 2.27. The lowest BCUT2D eigenvalue weighted by molar-refractivity contribution is -0.308. The Kier molecular flexibility index (Phi) is 7.44. The van der Waals surface area contributed by atoms with Gasteiger partial charge in [-0.2, -0.15) is 16.1 Å². The number of nitrogens with one attached hydrogen (secondary N) is 1. The van der Waals surface area contributed by atoms with Crippen molar-refractivity contribution in [3.63, 3.8) is 0 Å². The number of aliphatic carboxylic acids is 1. The minimum absolute atomic E-state index is 0.0128. The highest BCUT2D eigenvalue weighted by Crippen LogP contribution is 2.18. The summed E-state index contributed by atoms with van der Waals surface area (Å²) in [5, 5.41) is 13.5. The van der Waals surface area contributed by atoms with E-state index in [1.54, 1.807) is 0 Å². The summed E-state index contributed by atoms with van der Waals surface area (Å²) in [6.45, 7) is 1.14. The van der Waals surface area contributed by atoms with Crippen LogP contribution in [0.5, 0.6) is 0 Å². The number of sulfonamides is 1. The van der Waals surface area contributed by atoms with Crippen molar-refractivity contribution < 1.29 is 27.9 Å². The zero-order valence-electron chi connectivity index (χ0n) is 14.3. The molecule has 1 saturated heterocycles. The van der Waals surface area contributed by atoms with Crippen LogP contribution in [-0.2, 0) is 19.6 Å². The van der Waals surface area contributed by atoms with Gasteiger partial charge in [-0.15, -0.1) is 0 Å². The van der Waals surface area contributed by atoms with Crippen LogP contribution in [0.2, 0.25) is 0 Å². The van der Waals surface area contributed by atoms with Crippen LogP contribution in [-0.4, -0.2) is 69.0 Å². The van der Waals surface area contributed by atoms with Crippen molar-refractivity contribution in [3.05, 3.63) is 29.8 Å². The summed E-state index contributed by atoms with van der Waals surface area (Å²) >= 11 is 1.45. The fraction of sp³-hybridized carbons (Fsp3) is 0.500. The Morgan fingerprint density at radius 2 is 2.04 bits per heavy atom. The number of carbonyl (C=O) groups excluding carboxylic acids is 2. The first-order chi connectivity index (χ1) is 12.4. The van der Waals surface area contributed by atoms with Crippen LogP contribution in [0.25, 0.3) is 0 Å². The monoisotopic (exact) mass is 401 g/mol. The van der Waals surface area contributed by atoms with E-state index >= 15 is 0 Å². The van der Waals surface area contributed by atoms with Crippen molar-refractivity contribution in [1.82, 2.24) is 9.62 Å². The van der Waals surface area contributed by atoms with E-state index in [-0.39, 0.29) is 30.0 Å². The van der Waals surface area contributed by atoms with Gasteiger partial charge in [0.25, 0.3) is 5.91 Å². The number of ether oxygens (including phenoxy) is 1. The second-order valence-corrected chi connectivity index (χ2v) is 8.59. The van der Waals surface area contributed by atoms with Gasteiger partial charge in [0.1, 0.15) is 0 Å². The molecule has 1 atom stereocenters. The number of carbonyl (C=O) groups is 2. The molecule has 0 bridgehead atoms. The molecule has 1 heterocycles. The third kappa shape index (κ3) is 5.19. The molecule has 2 rings (SSSR count). The lowest BCUT2D eigenvalue weighted by atomic mass is 10.1. The topological polar surface area (TPSA) is 116 Å². The molecule has 1 aliphatic heterocycles. The summed E-state index contributed by atoms with van der Waals surface area (Å²) in [6.07, 6.45) is 2.05. The molecular formula is C16H21N2O6S2-. The van der Waals surface area contributed by atoms with E-state index in [2.05, 4.69) is 5.32 Å². The minimum atomic E-state index is -3.74. The highest BCUT2D eigenvalue weighted by molar-refractivity contribution is 7.98. The zero-order valence-corrected chi connectivity index (χ0v) is 16.0. The number of benzene rings is 1. The number of nitrogens with zero attached hydrogens (tertiary/aromatic N) is 1. The molecule has 1 aliphatic rings. The molecule has 144 valence electrons. The van der Waals surface area contributed by atoms with Gasteiger partial charge in [-0.25, -0.2) is 8.42 Å². The maximum absolute atomic E-state index is 12.7. The van der Waals surface area contributed by atoms with Crippen molar-refractivity contribution in [1.29, 1.82) is 0 Å². The molecule has 10 heteroatoms. The molecule has 0 saturated carbocycles. The van der Waals surface area contributed by atoms with Gasteiger partial charge in [-0.1, -0.05) is 6.07 Å². The summed E-state index contributed by atoms with van der Waals surface area (Å²) in [4.78, 5) is 23.5. The van der Waals surface area contributed by atoms with E-state index in [1.807, 2.05) is 6.26 Å². The molecule has 0 spiro atoms. The molecule has 0 aromatic heterocycles. The van der Waals surface area contributed by atoms with Crippen molar-refractivity contribution in [3.8, 4) is 0 Å². The summed E-state index contributed by atoms with van der Waals surface area (Å²) in [6, 6.07) is 4.42. The van der Waals surface area contributed by atoms with Crippen molar-refractivity contribution in [2.75, 3.05) is 38.3 Å². The van der Waals surface area contributed by atoms with Gasteiger partial charge in [0.05, 0.1) is 30.1 Å². The van der Waals surface area contributed by atoms with Gasteiger partial charge >= 0.3 is 0 Å². The van der Waals surface area contributed by atoms with E-state index < -0.39 is 27.9 Å². The summed E-state index contributed by atoms with van der Waals surface area (Å²) in [5.41, 5.74) is 0.0785. The summed E-state index contributed by atoms with van der Waals surface area (Å²) in [7, 11) is -3.74. The van der Waals surface area contributed by atoms with Crippen molar-refractivity contribution in [2.24, 2.45) is 0 Å². The van der Waals surface area contributed by atoms with Gasteiger partial charge in [0.15, 0.2) is 0 Å². The lowest BCUT2D eigenvalue weighted by Crippen LogP contribution is -2.48. The normalized spacial score (nSPS) is 16.8. The Hall–Kier alpha value is -1.62. The molecule has 0 unspecified atom stereocenters. The minimum Gasteiger partial charge on any atom is -0.548 e. The SMILES string of the molecule is CSCC[C@H](NC(=O)c1cccc(S(=O)(=O)N2CCOCC2)c1)C(=O)[O-]. The third-order valence-electron chi connectivity index (χ3n) is 3.90. The highest BCUT2D eigenvalue weighted by atomic mass is 32.2. The van der Waals surface area contributed by atoms with E-state index in [0.717, 1.165) is 0 Å². The van der Waals surface area contributed by atoms with E-state index in [1.165, 1.54) is 40.3 Å². The first kappa shape index (κ1) is 20.7. The Labute approximate surface area is 156 Å². The molecular weight excluding hydrogens is 380 g/mol. The predicted octanol–water partition coefficient (Wildman–Crippen LogP) is -0.691. The number of thioether (sulfide) groups is 1. The largest absolute Gasteiger partial charge is 0.548 e. The Balaban J connectivity index is 2.17. The second-order valence-electron chi connectivity index (χ2n) is 5.67. The van der Waals surface area contributed by atoms with Gasteiger partial charge in [-0.3, -0.25) is 4.79 Å². The Morgan fingerprint density at radius 3 is 2.65 bits per heavy atom. The Morgan fingerprint density at radius 1 is 1.35 bits per heavy atom. The van der Waals surface area contributed by atoms with Gasteiger partial charge in [0, 0.05) is 18.7 Å². The van der Waals surface area contributed by atoms with Gasteiger partial charge in [0.2, 0.25) is 10.0 Å². The third-order valence-corrected chi connectivity index (χ3v) is 6.44. The number of carboxylic acids is 1. The number of rotatable bonds is 8. The maximum atomic E-state index is 12.7. The predicted molar refractivity (Wildman–Crippen MR) is 95.3 cm³/mol. The molecule has 1 N–H and O–H groups in total. The first-order valence-electron chi connectivity index (χ1n) is 8.05. The molecule has 0 radical (unpaired) electrons. The second kappa shape index (κ2) is 9.36. The molecule has 8 nitrogen and oxygen atoms in total. The summed E-state index contributed by atoms with van der Waals surface area (Å²) < 4.78 is 31.8. The van der Waals surface area contributed by atoms with Gasteiger partial charge in [-0.05, 0) is 36.6 Å². The fourth-order valence-electron chi connectivity index (χ4n) is 2.46. The smallest absolute Gasteiger partial charge is 0.251 e. The maximum Gasteiger partial charge on any atom is 0.251 e. The van der Waals surface area contributed by atoms with Crippen LogP contribution < -0.4 is 10.4 Å². The standard InChI is InChI=1S/C16H22N2O6S2/c1-25-10-5-14(16(20)21)17-15(19)12-3-2-4-13(11-12)26(22,23)18-6-8-24-9-7-18/h2-4,11,14H,5-10H2,1H3,(H,17,19)(H,20,21)/p-1/t14-/m0/s1. The molecule has 1 fully saturated rings. The summed E-state index contributed by atoms with van der Waals surface area (Å²) in [5.74, 6) is -1.48. The fourth-order valence-corrected chi connectivity index (χ4v) is 4.39.